The SMILES string of the molecule is C[C@H]1C(=O)NS(=O)(=O)c2ccc3c(c2)N(C[C@@H]2CC[C@H]2[C@@H](O)C=CCN1C(=O)OC(C)(C)C)C[C@@]1(CCCc2cc(Cl)ccc21)CO3. The van der Waals surface area contributed by atoms with Gasteiger partial charge in [0.05, 0.1) is 23.3 Å². The van der Waals surface area contributed by atoms with Crippen LogP contribution < -0.4 is 14.4 Å². The number of aryl methyl sites for hydroxylation is 1. The van der Waals surface area contributed by atoms with E-state index in [1.54, 1.807) is 45.1 Å². The highest BCUT2D eigenvalue weighted by atomic mass is 35.5. The maximum Gasteiger partial charge on any atom is 0.411 e. The van der Waals surface area contributed by atoms with Crippen LogP contribution in [0.5, 0.6) is 5.75 Å². The number of amides is 2. The normalized spacial score (nSPS) is 29.0. The van der Waals surface area contributed by atoms with Crippen molar-refractivity contribution in [3.05, 3.63) is 64.7 Å². The molecule has 2 N–H and O–H groups in total. The highest BCUT2D eigenvalue weighted by Crippen LogP contribution is 2.47. The number of carbonyl (C=O) groups excluding carboxylic acids is 2. The number of carbonyl (C=O) groups is 2. The zero-order valence-electron chi connectivity index (χ0n) is 27.4. The van der Waals surface area contributed by atoms with Crippen molar-refractivity contribution in [3.63, 3.8) is 0 Å². The highest BCUT2D eigenvalue weighted by molar-refractivity contribution is 7.90. The van der Waals surface area contributed by atoms with Gasteiger partial charge in [0.15, 0.2) is 0 Å². The third-order valence-electron chi connectivity index (χ3n) is 10.0. The molecule has 1 fully saturated rings. The Bertz CT molecular complexity index is 1690. The van der Waals surface area contributed by atoms with Crippen LogP contribution in [0.3, 0.4) is 0 Å². The molecule has 0 radical (unpaired) electrons. The Labute approximate surface area is 282 Å². The van der Waals surface area contributed by atoms with Gasteiger partial charge in [-0.3, -0.25) is 9.69 Å². The number of anilines is 1. The Kier molecular flexibility index (Phi) is 9.04. The van der Waals surface area contributed by atoms with Gasteiger partial charge >= 0.3 is 6.09 Å². The summed E-state index contributed by atoms with van der Waals surface area (Å²) in [6, 6.07) is 9.53. The predicted octanol–water partition coefficient (Wildman–Crippen LogP) is 5.20. The number of aliphatic hydroxyl groups is 1. The lowest BCUT2D eigenvalue weighted by atomic mass is 9.68. The first kappa shape index (κ1) is 33.6. The van der Waals surface area contributed by atoms with Crippen LogP contribution >= 0.6 is 11.6 Å². The van der Waals surface area contributed by atoms with Crippen LogP contribution in [-0.4, -0.2) is 74.4 Å². The standard InChI is InChI=1S/C35H44ClN3O7S/c1-22-32(41)37-47(43,44)26-11-14-31-29(18-26)38(20-35(21-45-31)15-5-7-23-17-25(36)10-13-28(23)35)19-24-9-12-27(24)30(40)8-6-16-39(22)33(42)46-34(2,3)4/h6,8,10-11,13-14,17-18,22,24,27,30,40H,5,7,9,12,15-16,19-21H2,1-4H3,(H,37,41)/t22-,24-,27+,30-,35-/m0/s1. The lowest BCUT2D eigenvalue weighted by Gasteiger charge is -2.45. The minimum atomic E-state index is -4.33. The van der Waals surface area contributed by atoms with Gasteiger partial charge in [-0.25, -0.2) is 17.9 Å². The monoisotopic (exact) mass is 685 g/mol. The highest BCUT2D eigenvalue weighted by Gasteiger charge is 2.44. The summed E-state index contributed by atoms with van der Waals surface area (Å²) < 4.78 is 41.6. The van der Waals surface area contributed by atoms with E-state index in [1.807, 2.05) is 12.1 Å². The third kappa shape index (κ3) is 6.85. The maximum absolute atomic E-state index is 13.7. The minimum absolute atomic E-state index is 0.0252. The molecule has 254 valence electrons. The molecule has 10 nitrogen and oxygen atoms in total. The van der Waals surface area contributed by atoms with Gasteiger partial charge in [-0.2, -0.15) is 0 Å². The first-order chi connectivity index (χ1) is 22.2. The average Bonchev–Trinajstić information content (AvgIpc) is 3.12. The molecule has 2 aliphatic heterocycles. The maximum atomic E-state index is 13.7. The van der Waals surface area contributed by atoms with Gasteiger partial charge in [0, 0.05) is 30.1 Å². The van der Waals surface area contributed by atoms with Crippen molar-refractivity contribution in [1.29, 1.82) is 0 Å². The van der Waals surface area contributed by atoms with Crippen molar-refractivity contribution in [2.75, 3.05) is 31.1 Å². The van der Waals surface area contributed by atoms with Crippen LogP contribution in [0.1, 0.15) is 64.5 Å². The molecule has 47 heavy (non-hydrogen) atoms. The van der Waals surface area contributed by atoms with E-state index in [0.29, 0.717) is 36.2 Å². The first-order valence-electron chi connectivity index (χ1n) is 16.4. The van der Waals surface area contributed by atoms with Crippen molar-refractivity contribution >= 4 is 39.3 Å². The Morgan fingerprint density at radius 1 is 1.17 bits per heavy atom. The van der Waals surface area contributed by atoms with Crippen LogP contribution in [0.25, 0.3) is 0 Å². The molecule has 5 atom stereocenters. The van der Waals surface area contributed by atoms with Crippen molar-refractivity contribution in [1.82, 2.24) is 9.62 Å². The van der Waals surface area contributed by atoms with Crippen LogP contribution in [-0.2, 0) is 31.4 Å². The quantitative estimate of drug-likeness (QED) is 0.363. The largest absolute Gasteiger partial charge is 0.490 e. The van der Waals surface area contributed by atoms with Crippen LogP contribution in [0.2, 0.25) is 5.02 Å². The summed E-state index contributed by atoms with van der Waals surface area (Å²) in [6.07, 6.45) is 6.35. The fraction of sp³-hybridized carbons (Fsp3) is 0.543. The van der Waals surface area contributed by atoms with E-state index < -0.39 is 39.8 Å². The summed E-state index contributed by atoms with van der Waals surface area (Å²) in [4.78, 5) is 29.8. The van der Waals surface area contributed by atoms with Crippen LogP contribution in [0, 0.1) is 11.8 Å². The summed E-state index contributed by atoms with van der Waals surface area (Å²) in [7, 11) is -4.33. The number of fused-ring (bicyclic) bond motifs is 4. The van der Waals surface area contributed by atoms with E-state index in [9.17, 15) is 23.1 Å². The van der Waals surface area contributed by atoms with Crippen molar-refractivity contribution in [3.8, 4) is 5.75 Å². The lowest BCUT2D eigenvalue weighted by molar-refractivity contribution is -0.123. The number of hydrogen-bond acceptors (Lipinski definition) is 8. The Balaban J connectivity index is 1.40. The van der Waals surface area contributed by atoms with E-state index >= 15 is 0 Å². The van der Waals surface area contributed by atoms with Crippen LogP contribution in [0.15, 0.2) is 53.4 Å². The molecule has 2 bridgehead atoms. The molecule has 2 aromatic rings. The number of ether oxygens (including phenoxy) is 2. The van der Waals surface area contributed by atoms with Gasteiger partial charge in [-0.05, 0) is 113 Å². The molecule has 1 spiro atoms. The molecule has 2 aliphatic carbocycles. The lowest BCUT2D eigenvalue weighted by Crippen LogP contribution is -2.51. The number of nitrogens with one attached hydrogen (secondary N) is 1. The van der Waals surface area contributed by atoms with E-state index in [1.165, 1.54) is 24.1 Å². The zero-order chi connectivity index (χ0) is 33.7. The number of sulfonamides is 1. The van der Waals surface area contributed by atoms with E-state index in [0.717, 1.165) is 37.0 Å². The zero-order valence-corrected chi connectivity index (χ0v) is 28.9. The molecule has 2 amide bonds. The number of nitrogens with zero attached hydrogens (tertiary/aromatic N) is 2. The molecule has 4 aliphatic rings. The Morgan fingerprint density at radius 2 is 1.96 bits per heavy atom. The van der Waals surface area contributed by atoms with Gasteiger partial charge in [-0.15, -0.1) is 0 Å². The number of hydrogen-bond donors (Lipinski definition) is 2. The molecular weight excluding hydrogens is 642 g/mol. The van der Waals surface area contributed by atoms with E-state index in [-0.39, 0.29) is 28.7 Å². The molecule has 2 heterocycles. The van der Waals surface area contributed by atoms with Crippen LogP contribution in [0.4, 0.5) is 10.5 Å². The molecule has 0 saturated heterocycles. The Hall–Kier alpha value is -3.28. The number of aliphatic hydroxyl groups excluding tert-OH is 1. The van der Waals surface area contributed by atoms with E-state index in [2.05, 4.69) is 15.7 Å². The molecule has 12 heteroatoms. The summed E-state index contributed by atoms with van der Waals surface area (Å²) >= 11 is 6.39. The molecular formula is C35H44ClN3O7S. The predicted molar refractivity (Wildman–Crippen MR) is 179 cm³/mol. The second kappa shape index (κ2) is 12.6. The number of benzene rings is 2. The van der Waals surface area contributed by atoms with Crippen molar-refractivity contribution in [2.45, 2.75) is 87.9 Å². The van der Waals surface area contributed by atoms with E-state index in [4.69, 9.17) is 21.1 Å². The molecule has 2 aromatic carbocycles. The molecule has 0 unspecified atom stereocenters. The van der Waals surface area contributed by atoms with Crippen molar-refractivity contribution in [2.24, 2.45) is 11.8 Å². The smallest absolute Gasteiger partial charge is 0.411 e. The average molecular weight is 686 g/mol. The van der Waals surface area contributed by atoms with Gasteiger partial charge in [-0.1, -0.05) is 29.8 Å². The van der Waals surface area contributed by atoms with Gasteiger partial charge in [0.25, 0.3) is 15.9 Å². The number of rotatable bonds is 0. The summed E-state index contributed by atoms with van der Waals surface area (Å²) in [5.74, 6) is -0.201. The second-order valence-corrected chi connectivity index (χ2v) is 16.6. The first-order valence-corrected chi connectivity index (χ1v) is 18.2. The van der Waals surface area contributed by atoms with Gasteiger partial charge < -0.3 is 19.5 Å². The molecule has 0 aromatic heterocycles. The summed E-state index contributed by atoms with van der Waals surface area (Å²) in [5.41, 5.74) is 1.85. The number of halogens is 1. The minimum Gasteiger partial charge on any atom is -0.490 e. The topological polar surface area (TPSA) is 125 Å². The molecule has 1 saturated carbocycles. The fourth-order valence-corrected chi connectivity index (χ4v) is 8.66. The van der Waals surface area contributed by atoms with Crippen molar-refractivity contribution < 1.29 is 32.6 Å². The third-order valence-corrected chi connectivity index (χ3v) is 11.6. The molecule has 6 rings (SSSR count). The summed E-state index contributed by atoms with van der Waals surface area (Å²) in [6.45, 7) is 8.15. The Morgan fingerprint density at radius 3 is 2.68 bits per heavy atom. The fourth-order valence-electron chi connectivity index (χ4n) is 7.40. The van der Waals surface area contributed by atoms with Gasteiger partial charge in [0.1, 0.15) is 17.4 Å². The van der Waals surface area contributed by atoms with Gasteiger partial charge in [0.2, 0.25) is 0 Å². The second-order valence-electron chi connectivity index (χ2n) is 14.4. The summed E-state index contributed by atoms with van der Waals surface area (Å²) in [5, 5.41) is 12.0.